The Labute approximate surface area is 84.3 Å². The zero-order valence-electron chi connectivity index (χ0n) is 7.88. The molecule has 1 aromatic rings. The van der Waals surface area contributed by atoms with Crippen molar-refractivity contribution in [3.05, 3.63) is 34.9 Å². The fourth-order valence-electron chi connectivity index (χ4n) is 1.15. The van der Waals surface area contributed by atoms with Gasteiger partial charge < -0.3 is 5.11 Å². The van der Waals surface area contributed by atoms with Gasteiger partial charge in [-0.3, -0.25) is 4.79 Å². The monoisotopic (exact) mass is 214 g/mol. The smallest absolute Gasteiger partial charge is 0.377 e. The van der Waals surface area contributed by atoms with E-state index >= 15 is 0 Å². The van der Waals surface area contributed by atoms with Gasteiger partial charge in [-0.1, -0.05) is 6.92 Å². The maximum absolute atomic E-state index is 13.1. The Balaban J connectivity index is 3.30. The molecule has 0 atom stereocenters. The summed E-state index contributed by atoms with van der Waals surface area (Å²) < 4.78 is 26.0. The molecule has 0 aliphatic carbocycles. The van der Waals surface area contributed by atoms with Crippen LogP contribution in [0.5, 0.6) is 0 Å². The second-order valence-corrected chi connectivity index (χ2v) is 2.91. The molecule has 0 bridgehead atoms. The molecule has 0 aliphatic heterocycles. The van der Waals surface area contributed by atoms with Crippen LogP contribution in [0.4, 0.5) is 8.78 Å². The number of Topliss-reactive ketones (excluding diaryl/α,β-unsaturated/α-hetero) is 1. The van der Waals surface area contributed by atoms with Crippen LogP contribution in [0.3, 0.4) is 0 Å². The minimum Gasteiger partial charge on any atom is -0.475 e. The lowest BCUT2D eigenvalue weighted by Gasteiger charge is -2.03. The summed E-state index contributed by atoms with van der Waals surface area (Å²) in [6.07, 6.45) is 0.256. The van der Waals surface area contributed by atoms with E-state index in [1.807, 2.05) is 0 Å². The van der Waals surface area contributed by atoms with E-state index in [9.17, 15) is 18.4 Å². The first-order chi connectivity index (χ1) is 6.97. The van der Waals surface area contributed by atoms with Crippen molar-refractivity contribution in [1.29, 1.82) is 0 Å². The quantitative estimate of drug-likeness (QED) is 0.616. The Morgan fingerprint density at radius 2 is 1.87 bits per heavy atom. The third kappa shape index (κ3) is 2.18. The van der Waals surface area contributed by atoms with Gasteiger partial charge in [0.05, 0.1) is 5.56 Å². The summed E-state index contributed by atoms with van der Waals surface area (Å²) in [7, 11) is 0. The van der Waals surface area contributed by atoms with Gasteiger partial charge in [-0.15, -0.1) is 0 Å². The molecule has 0 radical (unpaired) electrons. The number of carbonyl (C=O) groups is 2. The summed E-state index contributed by atoms with van der Waals surface area (Å²) in [5, 5.41) is 8.38. The van der Waals surface area contributed by atoms with E-state index in [0.29, 0.717) is 6.07 Å². The number of ketones is 1. The number of carboxylic acids is 1. The Morgan fingerprint density at radius 1 is 1.27 bits per heavy atom. The number of carboxylic acid groups (broad SMARTS) is 1. The number of hydrogen-bond acceptors (Lipinski definition) is 2. The predicted molar refractivity (Wildman–Crippen MR) is 47.7 cm³/mol. The van der Waals surface area contributed by atoms with Crippen LogP contribution in [0.15, 0.2) is 12.1 Å². The zero-order chi connectivity index (χ0) is 11.6. The minimum absolute atomic E-state index is 0.112. The lowest BCUT2D eigenvalue weighted by Crippen LogP contribution is -2.15. The lowest BCUT2D eigenvalue weighted by molar-refractivity contribution is -0.131. The second kappa shape index (κ2) is 4.16. The van der Waals surface area contributed by atoms with E-state index in [0.717, 1.165) is 6.07 Å². The number of carbonyl (C=O) groups excluding carboxylic acids is 1. The first kappa shape index (κ1) is 11.3. The van der Waals surface area contributed by atoms with Gasteiger partial charge in [0.2, 0.25) is 0 Å². The Bertz CT molecular complexity index is 427. The van der Waals surface area contributed by atoms with Crippen LogP contribution in [-0.4, -0.2) is 16.9 Å². The molecule has 0 heterocycles. The number of aliphatic carboxylic acids is 1. The van der Waals surface area contributed by atoms with E-state index in [2.05, 4.69) is 0 Å². The van der Waals surface area contributed by atoms with Gasteiger partial charge in [0.1, 0.15) is 11.6 Å². The molecule has 0 unspecified atom stereocenters. The highest BCUT2D eigenvalue weighted by Gasteiger charge is 2.20. The van der Waals surface area contributed by atoms with Gasteiger partial charge in [-0.2, -0.15) is 0 Å². The van der Waals surface area contributed by atoms with Gasteiger partial charge >= 0.3 is 5.97 Å². The average molecular weight is 214 g/mol. The summed E-state index contributed by atoms with van der Waals surface area (Å²) in [6, 6.07) is 1.45. The van der Waals surface area contributed by atoms with Gasteiger partial charge in [0.15, 0.2) is 0 Å². The molecule has 0 fully saturated rings. The average Bonchev–Trinajstić information content (AvgIpc) is 2.17. The summed E-state index contributed by atoms with van der Waals surface area (Å²) in [5.74, 6) is -5.07. The molecule has 1 N–H and O–H groups in total. The number of benzene rings is 1. The van der Waals surface area contributed by atoms with E-state index in [4.69, 9.17) is 5.11 Å². The molecule has 0 spiro atoms. The van der Waals surface area contributed by atoms with Crippen LogP contribution in [-0.2, 0) is 11.2 Å². The molecular formula is C10H8F2O3. The highest BCUT2D eigenvalue weighted by molar-refractivity contribution is 6.39. The van der Waals surface area contributed by atoms with Gasteiger partial charge in [-0.05, 0) is 18.1 Å². The summed E-state index contributed by atoms with van der Waals surface area (Å²) >= 11 is 0. The summed E-state index contributed by atoms with van der Waals surface area (Å²) in [4.78, 5) is 21.3. The number of hydrogen-bond donors (Lipinski definition) is 1. The Morgan fingerprint density at radius 3 is 2.33 bits per heavy atom. The minimum atomic E-state index is -1.76. The summed E-state index contributed by atoms with van der Waals surface area (Å²) in [6.45, 7) is 1.62. The normalized spacial score (nSPS) is 10.1. The molecule has 0 aromatic heterocycles. The fraction of sp³-hybridized carbons (Fsp3) is 0.200. The van der Waals surface area contributed by atoms with E-state index < -0.39 is 29.0 Å². The van der Waals surface area contributed by atoms with Crippen molar-refractivity contribution in [2.45, 2.75) is 13.3 Å². The maximum atomic E-state index is 13.1. The second-order valence-electron chi connectivity index (χ2n) is 2.91. The Kier molecular flexibility index (Phi) is 3.14. The lowest BCUT2D eigenvalue weighted by atomic mass is 10.0. The van der Waals surface area contributed by atoms with Gasteiger partial charge in [0, 0.05) is 6.07 Å². The van der Waals surface area contributed by atoms with Gasteiger partial charge in [0.25, 0.3) is 5.78 Å². The molecule has 3 nitrogen and oxygen atoms in total. The third-order valence-electron chi connectivity index (χ3n) is 1.96. The zero-order valence-corrected chi connectivity index (χ0v) is 7.88. The Hall–Kier alpha value is -1.78. The van der Waals surface area contributed by atoms with Crippen molar-refractivity contribution in [3.8, 4) is 0 Å². The first-order valence-corrected chi connectivity index (χ1v) is 4.23. The molecule has 0 aliphatic rings. The maximum Gasteiger partial charge on any atom is 0.377 e. The van der Waals surface area contributed by atoms with E-state index in [-0.39, 0.29) is 12.0 Å². The molecule has 80 valence electrons. The standard InChI is InChI=1S/C10H8F2O3/c1-2-5-3-6(9(13)10(14)15)8(12)4-7(5)11/h3-4H,2H2,1H3,(H,14,15). The van der Waals surface area contributed by atoms with E-state index in [1.165, 1.54) is 0 Å². The van der Waals surface area contributed by atoms with Crippen LogP contribution in [0.25, 0.3) is 0 Å². The third-order valence-corrected chi connectivity index (χ3v) is 1.96. The summed E-state index contributed by atoms with van der Waals surface area (Å²) in [5.41, 5.74) is -0.498. The van der Waals surface area contributed by atoms with Crippen LogP contribution in [0.2, 0.25) is 0 Å². The molecule has 0 amide bonds. The van der Waals surface area contributed by atoms with Crippen LogP contribution < -0.4 is 0 Å². The van der Waals surface area contributed by atoms with Crippen LogP contribution in [0.1, 0.15) is 22.8 Å². The molecular weight excluding hydrogens is 206 g/mol. The van der Waals surface area contributed by atoms with Crippen LogP contribution in [0, 0.1) is 11.6 Å². The molecule has 0 saturated heterocycles. The van der Waals surface area contributed by atoms with Crippen molar-refractivity contribution in [3.63, 3.8) is 0 Å². The topological polar surface area (TPSA) is 54.4 Å². The SMILES string of the molecule is CCc1cc(C(=O)C(=O)O)c(F)cc1F. The molecule has 5 heteroatoms. The van der Waals surface area contributed by atoms with Crippen molar-refractivity contribution >= 4 is 11.8 Å². The molecule has 1 rings (SSSR count). The number of rotatable bonds is 3. The van der Waals surface area contributed by atoms with Crippen molar-refractivity contribution in [1.82, 2.24) is 0 Å². The molecule has 15 heavy (non-hydrogen) atoms. The van der Waals surface area contributed by atoms with E-state index in [1.54, 1.807) is 6.92 Å². The van der Waals surface area contributed by atoms with Crippen molar-refractivity contribution in [2.24, 2.45) is 0 Å². The first-order valence-electron chi connectivity index (χ1n) is 4.23. The molecule has 1 aromatic carbocycles. The van der Waals surface area contributed by atoms with Gasteiger partial charge in [-0.25, -0.2) is 13.6 Å². The highest BCUT2D eigenvalue weighted by Crippen LogP contribution is 2.16. The largest absolute Gasteiger partial charge is 0.475 e. The highest BCUT2D eigenvalue weighted by atomic mass is 19.1. The fourth-order valence-corrected chi connectivity index (χ4v) is 1.15. The number of aryl methyl sites for hydroxylation is 1. The molecule has 0 saturated carbocycles. The predicted octanol–water partition coefficient (Wildman–Crippen LogP) is 1.79. The van der Waals surface area contributed by atoms with Crippen molar-refractivity contribution < 1.29 is 23.5 Å². The number of halogens is 2. The van der Waals surface area contributed by atoms with Crippen molar-refractivity contribution in [2.75, 3.05) is 0 Å². The van der Waals surface area contributed by atoms with Crippen LogP contribution >= 0.6 is 0 Å².